The summed E-state index contributed by atoms with van der Waals surface area (Å²) < 4.78 is 12.0. The number of nitrogens with zero attached hydrogens (tertiary/aromatic N) is 2. The van der Waals surface area contributed by atoms with E-state index in [0.717, 1.165) is 51.4 Å². The van der Waals surface area contributed by atoms with Gasteiger partial charge in [0.05, 0.1) is 0 Å². The van der Waals surface area contributed by atoms with Gasteiger partial charge in [-0.25, -0.2) is 0 Å². The molecule has 50 heavy (non-hydrogen) atoms. The first-order chi connectivity index (χ1) is 24.3. The van der Waals surface area contributed by atoms with Gasteiger partial charge in [-0.05, 0) is 92.4 Å². The largest absolute Gasteiger partial charge is 0.457 e. The minimum atomic E-state index is -0.485. The number of hydrogen-bond donors (Lipinski definition) is 0. The first-order valence-electron chi connectivity index (χ1n) is 21.3. The molecular weight excluding hydrogens is 620 g/mol. The van der Waals surface area contributed by atoms with Crippen LogP contribution < -0.4 is 0 Å². The van der Waals surface area contributed by atoms with Crippen molar-refractivity contribution in [1.82, 2.24) is 9.80 Å². The lowest BCUT2D eigenvalue weighted by atomic mass is 10.1. The molecule has 0 aliphatic carbocycles. The highest BCUT2D eigenvalue weighted by Gasteiger charge is 2.30. The topological polar surface area (TPSA) is 59.1 Å². The Kier molecular flexibility index (Phi) is 35.9. The van der Waals surface area contributed by atoms with Crippen LogP contribution in [0, 0.1) is 0 Å². The molecule has 0 amide bonds. The van der Waals surface area contributed by atoms with Gasteiger partial charge < -0.3 is 19.3 Å². The Morgan fingerprint density at radius 3 is 0.960 bits per heavy atom. The maximum Gasteiger partial charge on any atom is 0.306 e. The third kappa shape index (κ3) is 34.8. The van der Waals surface area contributed by atoms with Crippen LogP contribution in [0.2, 0.25) is 0 Å². The number of ether oxygens (including phenoxy) is 2. The third-order valence-electron chi connectivity index (χ3n) is 9.36. The molecule has 0 aromatic carbocycles. The summed E-state index contributed by atoms with van der Waals surface area (Å²) in [5.74, 6) is -0.377. The van der Waals surface area contributed by atoms with Crippen molar-refractivity contribution in [1.29, 1.82) is 0 Å². The normalized spacial score (nSPS) is 13.2. The number of rotatable bonds is 37. The number of carbonyl (C=O) groups excluding carboxylic acids is 2. The molecule has 0 spiro atoms. The van der Waals surface area contributed by atoms with E-state index in [0.29, 0.717) is 25.9 Å². The van der Waals surface area contributed by atoms with Crippen LogP contribution in [0.3, 0.4) is 0 Å². The number of allylic oxidation sites excluding steroid dienone is 4. The van der Waals surface area contributed by atoms with Gasteiger partial charge in [-0.3, -0.25) is 9.59 Å². The summed E-state index contributed by atoms with van der Waals surface area (Å²) in [6.45, 7) is 5.59. The second kappa shape index (κ2) is 37.1. The highest BCUT2D eigenvalue weighted by molar-refractivity contribution is 5.70. The molecule has 0 radical (unpaired) electrons. The fraction of sp³-hybridized carbons (Fsp3) is 0.864. The van der Waals surface area contributed by atoms with E-state index < -0.39 is 12.2 Å². The van der Waals surface area contributed by atoms with Gasteiger partial charge >= 0.3 is 11.9 Å². The second-order valence-corrected chi connectivity index (χ2v) is 15.2. The summed E-state index contributed by atoms with van der Waals surface area (Å²) in [6, 6.07) is 0. The number of esters is 2. The quantitative estimate of drug-likeness (QED) is 0.0364. The molecule has 0 saturated carbocycles. The van der Waals surface area contributed by atoms with Gasteiger partial charge in [-0.1, -0.05) is 141 Å². The lowest BCUT2D eigenvalue weighted by molar-refractivity contribution is -0.170. The van der Waals surface area contributed by atoms with Crippen molar-refractivity contribution in [2.24, 2.45) is 0 Å². The molecule has 0 aromatic heterocycles. The smallest absolute Gasteiger partial charge is 0.306 e. The van der Waals surface area contributed by atoms with Crippen molar-refractivity contribution in [2.45, 2.75) is 206 Å². The summed E-state index contributed by atoms with van der Waals surface area (Å²) in [4.78, 5) is 29.7. The zero-order valence-corrected chi connectivity index (χ0v) is 34.2. The molecule has 6 nitrogen and oxygen atoms in total. The number of likely N-dealkylation sites (N-methyl/N-ethyl adjacent to an activating group) is 2. The van der Waals surface area contributed by atoms with Crippen molar-refractivity contribution in [2.75, 3.05) is 41.3 Å². The molecule has 0 bridgehead atoms. The first kappa shape index (κ1) is 48.3. The second-order valence-electron chi connectivity index (χ2n) is 15.2. The molecule has 0 rings (SSSR count). The van der Waals surface area contributed by atoms with Crippen LogP contribution in [0.4, 0.5) is 0 Å². The molecule has 0 aromatic rings. The zero-order valence-electron chi connectivity index (χ0n) is 34.2. The molecule has 0 N–H and O–H groups in total. The van der Waals surface area contributed by atoms with Crippen LogP contribution in [0.15, 0.2) is 24.3 Å². The van der Waals surface area contributed by atoms with Crippen molar-refractivity contribution in [3.63, 3.8) is 0 Å². The molecule has 2 atom stereocenters. The minimum Gasteiger partial charge on any atom is -0.457 e. The van der Waals surface area contributed by atoms with Crippen LogP contribution in [0.1, 0.15) is 194 Å². The van der Waals surface area contributed by atoms with Crippen LogP contribution >= 0.6 is 0 Å². The third-order valence-corrected chi connectivity index (χ3v) is 9.36. The molecule has 2 unspecified atom stereocenters. The van der Waals surface area contributed by atoms with E-state index in [-0.39, 0.29) is 11.9 Å². The monoisotopic (exact) mass is 705 g/mol. The van der Waals surface area contributed by atoms with Crippen LogP contribution in [0.25, 0.3) is 0 Å². The van der Waals surface area contributed by atoms with Gasteiger partial charge in [0.15, 0.2) is 12.2 Å². The molecule has 0 aliphatic rings. The standard InChI is InChI=1S/C44H84N2O4/c1-7-9-11-13-15-17-19-21-23-25-27-29-31-33-35-37-43(47)49-41(39-45(3)4)42(40-46(5)6)50-44(48)38-36-34-32-30-28-26-24-22-20-18-16-14-12-10-8-2/h21-24,41-42H,7-20,25-40H2,1-6H3/b23-21-,24-22-. The zero-order chi connectivity index (χ0) is 36.9. The highest BCUT2D eigenvalue weighted by atomic mass is 16.6. The molecular formula is C44H84N2O4. The molecule has 0 heterocycles. The van der Waals surface area contributed by atoms with Crippen molar-refractivity contribution in [3.05, 3.63) is 24.3 Å². The highest BCUT2D eigenvalue weighted by Crippen LogP contribution is 2.15. The predicted molar refractivity (Wildman–Crippen MR) is 216 cm³/mol. The maximum atomic E-state index is 12.9. The van der Waals surface area contributed by atoms with Gasteiger partial charge in [0.1, 0.15) is 0 Å². The van der Waals surface area contributed by atoms with E-state index in [1.165, 1.54) is 116 Å². The van der Waals surface area contributed by atoms with Gasteiger partial charge in [0.2, 0.25) is 0 Å². The predicted octanol–water partition coefficient (Wildman–Crippen LogP) is 12.0. The molecule has 0 saturated heterocycles. The number of carbonyl (C=O) groups is 2. The van der Waals surface area contributed by atoms with E-state index in [9.17, 15) is 9.59 Å². The summed E-state index contributed by atoms with van der Waals surface area (Å²) in [5, 5.41) is 0. The Morgan fingerprint density at radius 1 is 0.420 bits per heavy atom. The van der Waals surface area contributed by atoms with Gasteiger partial charge in [-0.15, -0.1) is 0 Å². The minimum absolute atomic E-state index is 0.188. The SMILES string of the molecule is CCCCCCCC/C=C\CCCCCCCC(=O)OC(CN(C)C)C(CN(C)C)OC(=O)CCCCCCC/C=C\CCCCCCCC. The van der Waals surface area contributed by atoms with Crippen LogP contribution in [-0.2, 0) is 19.1 Å². The Labute approximate surface area is 311 Å². The number of unbranched alkanes of at least 4 members (excludes halogenated alkanes) is 22. The summed E-state index contributed by atoms with van der Waals surface area (Å²) >= 11 is 0. The average Bonchev–Trinajstić information content (AvgIpc) is 3.07. The molecule has 6 heteroatoms. The lowest BCUT2D eigenvalue weighted by Gasteiger charge is -2.31. The van der Waals surface area contributed by atoms with E-state index in [1.54, 1.807) is 0 Å². The first-order valence-corrected chi connectivity index (χ1v) is 21.3. The van der Waals surface area contributed by atoms with Crippen molar-refractivity contribution < 1.29 is 19.1 Å². The van der Waals surface area contributed by atoms with Crippen molar-refractivity contribution >= 4 is 11.9 Å². The molecule has 0 aliphatic heterocycles. The fourth-order valence-electron chi connectivity index (χ4n) is 6.32. The summed E-state index contributed by atoms with van der Waals surface area (Å²) in [6.07, 6.45) is 41.3. The van der Waals surface area contributed by atoms with Crippen molar-refractivity contribution in [3.8, 4) is 0 Å². The van der Waals surface area contributed by atoms with Gasteiger partial charge in [0.25, 0.3) is 0 Å². The van der Waals surface area contributed by atoms with Gasteiger partial charge in [-0.2, -0.15) is 0 Å². The summed E-state index contributed by atoms with van der Waals surface area (Å²) in [5.41, 5.74) is 0. The number of hydrogen-bond acceptors (Lipinski definition) is 6. The van der Waals surface area contributed by atoms with E-state index in [2.05, 4.69) is 38.2 Å². The van der Waals surface area contributed by atoms with Gasteiger partial charge in [0, 0.05) is 25.9 Å². The van der Waals surface area contributed by atoms with E-state index in [1.807, 2.05) is 38.0 Å². The van der Waals surface area contributed by atoms with E-state index >= 15 is 0 Å². The Bertz CT molecular complexity index is 744. The molecule has 294 valence electrons. The maximum absolute atomic E-state index is 12.9. The Balaban J connectivity index is 4.26. The lowest BCUT2D eigenvalue weighted by Crippen LogP contribution is -2.46. The summed E-state index contributed by atoms with van der Waals surface area (Å²) in [7, 11) is 7.85. The average molecular weight is 705 g/mol. The van der Waals surface area contributed by atoms with Crippen LogP contribution in [-0.4, -0.2) is 75.2 Å². The fourth-order valence-corrected chi connectivity index (χ4v) is 6.32. The Morgan fingerprint density at radius 2 is 0.680 bits per heavy atom. The molecule has 0 fully saturated rings. The Hall–Kier alpha value is -1.66. The van der Waals surface area contributed by atoms with E-state index in [4.69, 9.17) is 9.47 Å². The van der Waals surface area contributed by atoms with Crippen LogP contribution in [0.5, 0.6) is 0 Å².